The lowest BCUT2D eigenvalue weighted by molar-refractivity contribution is -0.177. The molecule has 1 aromatic rings. The fraction of sp³-hybridized carbons (Fsp3) is 0.600. The summed E-state index contributed by atoms with van der Waals surface area (Å²) in [6, 6.07) is 1.62. The van der Waals surface area contributed by atoms with Gasteiger partial charge in [0.25, 0.3) is 0 Å². The molecule has 0 aliphatic heterocycles. The van der Waals surface area contributed by atoms with Crippen LogP contribution in [0.4, 0.5) is 13.2 Å². The first-order valence-corrected chi connectivity index (χ1v) is 5.07. The van der Waals surface area contributed by atoms with Crippen molar-refractivity contribution >= 4 is 0 Å². The Morgan fingerprint density at radius 2 is 2.18 bits per heavy atom. The number of aromatic nitrogens is 2. The first-order chi connectivity index (χ1) is 7.87. The van der Waals surface area contributed by atoms with Crippen molar-refractivity contribution in [3.05, 3.63) is 23.8 Å². The molecule has 0 bridgehead atoms. The number of rotatable bonds is 5. The van der Waals surface area contributed by atoms with E-state index >= 15 is 0 Å². The van der Waals surface area contributed by atoms with Gasteiger partial charge in [0.2, 0.25) is 0 Å². The van der Waals surface area contributed by atoms with Gasteiger partial charge in [-0.05, 0) is 13.0 Å². The fourth-order valence-corrected chi connectivity index (χ4v) is 1.21. The molecule has 2 N–H and O–H groups in total. The van der Waals surface area contributed by atoms with E-state index in [0.717, 1.165) is 0 Å². The second kappa shape index (κ2) is 5.92. The smallest absolute Gasteiger partial charge is 0.364 e. The zero-order valence-corrected chi connectivity index (χ0v) is 9.37. The predicted molar refractivity (Wildman–Crippen MR) is 55.1 cm³/mol. The van der Waals surface area contributed by atoms with Crippen LogP contribution >= 0.6 is 0 Å². The molecule has 96 valence electrons. The van der Waals surface area contributed by atoms with Crippen molar-refractivity contribution in [2.24, 2.45) is 5.73 Å². The summed E-state index contributed by atoms with van der Waals surface area (Å²) in [5, 5.41) is 0. The minimum atomic E-state index is -4.33. The van der Waals surface area contributed by atoms with Crippen molar-refractivity contribution < 1.29 is 17.9 Å². The van der Waals surface area contributed by atoms with Crippen LogP contribution in [-0.4, -0.2) is 28.8 Å². The minimum Gasteiger partial charge on any atom is -0.364 e. The molecule has 1 atom stereocenters. The molecule has 0 aliphatic carbocycles. The number of nitrogens with two attached hydrogens (primary N) is 1. The Morgan fingerprint density at radius 3 is 2.76 bits per heavy atom. The second-order valence-electron chi connectivity index (χ2n) is 3.75. The Bertz CT molecular complexity index is 355. The number of alkyl halides is 3. The normalized spacial score (nSPS) is 13.7. The Balaban J connectivity index is 2.48. The van der Waals surface area contributed by atoms with Crippen molar-refractivity contribution in [3.8, 4) is 0 Å². The summed E-state index contributed by atoms with van der Waals surface area (Å²) in [7, 11) is 0. The summed E-state index contributed by atoms with van der Waals surface area (Å²) in [6.07, 6.45) is -2.30. The van der Waals surface area contributed by atoms with Crippen LogP contribution in [0.25, 0.3) is 0 Å². The third-order valence-electron chi connectivity index (χ3n) is 1.79. The summed E-state index contributed by atoms with van der Waals surface area (Å²) in [4.78, 5) is 7.87. The monoisotopic (exact) mass is 249 g/mol. The van der Waals surface area contributed by atoms with E-state index in [0.29, 0.717) is 12.1 Å². The Hall–Kier alpha value is -1.21. The van der Waals surface area contributed by atoms with Crippen LogP contribution in [0, 0.1) is 0 Å². The molecule has 0 radical (unpaired) electrons. The minimum absolute atomic E-state index is 0.0613. The van der Waals surface area contributed by atoms with Gasteiger partial charge in [0, 0.05) is 24.4 Å². The van der Waals surface area contributed by atoms with Gasteiger partial charge in [0.05, 0.1) is 0 Å². The van der Waals surface area contributed by atoms with Gasteiger partial charge in [-0.2, -0.15) is 13.2 Å². The number of hydrogen-bond donors (Lipinski definition) is 1. The van der Waals surface area contributed by atoms with Crippen LogP contribution in [0.15, 0.2) is 12.3 Å². The molecule has 1 heterocycles. The zero-order valence-electron chi connectivity index (χ0n) is 9.37. The van der Waals surface area contributed by atoms with Crippen LogP contribution < -0.4 is 5.73 Å². The van der Waals surface area contributed by atoms with Crippen LogP contribution in [0.2, 0.25) is 0 Å². The van der Waals surface area contributed by atoms with E-state index in [1.165, 1.54) is 6.20 Å². The highest BCUT2D eigenvalue weighted by atomic mass is 19.4. The second-order valence-corrected chi connectivity index (χ2v) is 3.75. The fourth-order valence-electron chi connectivity index (χ4n) is 1.21. The van der Waals surface area contributed by atoms with Crippen LogP contribution in [0.5, 0.6) is 0 Å². The van der Waals surface area contributed by atoms with Gasteiger partial charge in [-0.3, -0.25) is 0 Å². The summed E-state index contributed by atoms with van der Waals surface area (Å²) in [5.74, 6) is 0.229. The van der Waals surface area contributed by atoms with Gasteiger partial charge in [-0.25, -0.2) is 9.97 Å². The van der Waals surface area contributed by atoms with E-state index in [-0.39, 0.29) is 18.5 Å². The Labute approximate surface area is 97.0 Å². The van der Waals surface area contributed by atoms with E-state index in [1.54, 1.807) is 6.07 Å². The zero-order chi connectivity index (χ0) is 12.9. The highest BCUT2D eigenvalue weighted by Gasteiger charge is 2.27. The Kier molecular flexibility index (Phi) is 4.83. The maximum absolute atomic E-state index is 11.8. The lowest BCUT2D eigenvalue weighted by Crippen LogP contribution is -2.19. The van der Waals surface area contributed by atoms with Gasteiger partial charge >= 0.3 is 6.18 Å². The van der Waals surface area contributed by atoms with Gasteiger partial charge in [-0.1, -0.05) is 0 Å². The number of hydrogen-bond acceptors (Lipinski definition) is 4. The molecular weight excluding hydrogens is 235 g/mol. The lowest BCUT2D eigenvalue weighted by atomic mass is 10.2. The maximum atomic E-state index is 11.8. The molecule has 0 amide bonds. The lowest BCUT2D eigenvalue weighted by Gasteiger charge is -2.08. The number of nitrogens with zero attached hydrogens (tertiary/aromatic N) is 2. The van der Waals surface area contributed by atoms with Crippen molar-refractivity contribution in [1.29, 1.82) is 0 Å². The summed E-state index contributed by atoms with van der Waals surface area (Å²) in [6.45, 7) is 0.266. The van der Waals surface area contributed by atoms with Crippen molar-refractivity contribution in [2.45, 2.75) is 32.2 Å². The van der Waals surface area contributed by atoms with Gasteiger partial charge in [0.1, 0.15) is 13.2 Å². The van der Waals surface area contributed by atoms with Crippen LogP contribution in [0.3, 0.4) is 0 Å². The third-order valence-corrected chi connectivity index (χ3v) is 1.79. The van der Waals surface area contributed by atoms with Crippen molar-refractivity contribution in [1.82, 2.24) is 9.97 Å². The van der Waals surface area contributed by atoms with E-state index in [9.17, 15) is 13.2 Å². The van der Waals surface area contributed by atoms with Gasteiger partial charge < -0.3 is 10.5 Å². The standard InChI is InChI=1S/C10H14F3N3O/c1-7(14)4-8-2-3-15-9(16-8)5-17-6-10(11,12)13/h2-3,7H,4-6,14H2,1H3. The molecule has 0 saturated carbocycles. The van der Waals surface area contributed by atoms with Crippen molar-refractivity contribution in [3.63, 3.8) is 0 Å². The molecule has 1 aromatic heterocycles. The Morgan fingerprint density at radius 1 is 1.47 bits per heavy atom. The van der Waals surface area contributed by atoms with E-state index in [1.807, 2.05) is 6.92 Å². The van der Waals surface area contributed by atoms with E-state index < -0.39 is 12.8 Å². The highest BCUT2D eigenvalue weighted by Crippen LogP contribution is 2.15. The van der Waals surface area contributed by atoms with Crippen LogP contribution in [-0.2, 0) is 17.8 Å². The summed E-state index contributed by atoms with van der Waals surface area (Å²) in [5.41, 5.74) is 6.29. The van der Waals surface area contributed by atoms with Gasteiger partial charge in [-0.15, -0.1) is 0 Å². The predicted octanol–water partition coefficient (Wildman–Crippen LogP) is 1.45. The largest absolute Gasteiger partial charge is 0.411 e. The topological polar surface area (TPSA) is 61.0 Å². The third kappa shape index (κ3) is 6.18. The quantitative estimate of drug-likeness (QED) is 0.857. The van der Waals surface area contributed by atoms with Crippen LogP contribution in [0.1, 0.15) is 18.4 Å². The first kappa shape index (κ1) is 13.9. The molecule has 1 rings (SSSR count). The molecule has 0 aliphatic rings. The molecule has 0 saturated heterocycles. The van der Waals surface area contributed by atoms with Crippen molar-refractivity contribution in [2.75, 3.05) is 6.61 Å². The van der Waals surface area contributed by atoms with E-state index in [2.05, 4.69) is 14.7 Å². The number of halogens is 3. The molecule has 0 aromatic carbocycles. The highest BCUT2D eigenvalue weighted by molar-refractivity contribution is 5.03. The average molecular weight is 249 g/mol. The molecule has 4 nitrogen and oxygen atoms in total. The summed E-state index contributed by atoms with van der Waals surface area (Å²) >= 11 is 0. The van der Waals surface area contributed by atoms with Gasteiger partial charge in [0.15, 0.2) is 5.82 Å². The first-order valence-electron chi connectivity index (χ1n) is 5.07. The molecule has 0 spiro atoms. The molecule has 7 heteroatoms. The summed E-state index contributed by atoms with van der Waals surface area (Å²) < 4.78 is 39.9. The average Bonchev–Trinajstić information content (AvgIpc) is 2.15. The number of ether oxygens (including phenoxy) is 1. The molecule has 0 fully saturated rings. The molecule has 1 unspecified atom stereocenters. The SMILES string of the molecule is CC(N)Cc1ccnc(COCC(F)(F)F)n1. The van der Waals surface area contributed by atoms with E-state index in [4.69, 9.17) is 5.73 Å². The molecule has 17 heavy (non-hydrogen) atoms. The molecular formula is C10H14F3N3O. The maximum Gasteiger partial charge on any atom is 0.411 e.